The number of aliphatic carboxylic acids is 1. The van der Waals surface area contributed by atoms with Crippen molar-refractivity contribution in [2.24, 2.45) is 0 Å². The van der Waals surface area contributed by atoms with Crippen LogP contribution < -0.4 is 0 Å². The molecule has 2 aromatic rings. The molecule has 0 saturated carbocycles. The number of fused-ring (bicyclic) bond motifs is 1. The van der Waals surface area contributed by atoms with Gasteiger partial charge in [-0.25, -0.2) is 4.39 Å². The summed E-state index contributed by atoms with van der Waals surface area (Å²) in [6, 6.07) is 10.5. The van der Waals surface area contributed by atoms with E-state index in [1.807, 2.05) is 12.1 Å². The van der Waals surface area contributed by atoms with Crippen molar-refractivity contribution in [3.05, 3.63) is 47.8 Å². The predicted molar refractivity (Wildman–Crippen MR) is 64.5 cm³/mol. The van der Waals surface area contributed by atoms with Crippen molar-refractivity contribution < 1.29 is 14.3 Å². The van der Waals surface area contributed by atoms with Gasteiger partial charge in [0.15, 0.2) is 0 Å². The molecule has 0 saturated heterocycles. The number of aryl methyl sites for hydroxylation is 1. The second-order valence-corrected chi connectivity index (χ2v) is 4.00. The van der Waals surface area contributed by atoms with E-state index in [2.05, 4.69) is 0 Å². The van der Waals surface area contributed by atoms with Crippen LogP contribution in [0.4, 0.5) is 4.39 Å². The van der Waals surface area contributed by atoms with E-state index in [0.29, 0.717) is 18.2 Å². The standard InChI is InChI=1S/C14H13FO2/c15-13-9-8-10(4-3-7-14(16)17)11-5-1-2-6-12(11)13/h1-2,5-6,8-9H,3-4,7H2,(H,16,17). The van der Waals surface area contributed by atoms with Crippen molar-refractivity contribution in [2.75, 3.05) is 0 Å². The zero-order valence-electron chi connectivity index (χ0n) is 9.32. The Balaban J connectivity index is 2.28. The molecule has 2 nitrogen and oxygen atoms in total. The van der Waals surface area contributed by atoms with Gasteiger partial charge in [-0.1, -0.05) is 30.3 Å². The summed E-state index contributed by atoms with van der Waals surface area (Å²) < 4.78 is 13.5. The molecule has 3 heteroatoms. The lowest BCUT2D eigenvalue weighted by Gasteiger charge is -2.06. The average Bonchev–Trinajstić information content (AvgIpc) is 2.32. The molecule has 2 aromatic carbocycles. The van der Waals surface area contributed by atoms with Crippen molar-refractivity contribution in [3.63, 3.8) is 0 Å². The summed E-state index contributed by atoms with van der Waals surface area (Å²) in [4.78, 5) is 10.4. The number of hydrogen-bond donors (Lipinski definition) is 1. The van der Waals surface area contributed by atoms with Gasteiger partial charge in [0.05, 0.1) is 0 Å². The molecule has 0 fully saturated rings. The van der Waals surface area contributed by atoms with E-state index in [-0.39, 0.29) is 12.2 Å². The first-order valence-electron chi connectivity index (χ1n) is 5.56. The molecule has 0 radical (unpaired) electrons. The molecule has 1 N–H and O–H groups in total. The largest absolute Gasteiger partial charge is 0.481 e. The van der Waals surface area contributed by atoms with Crippen LogP contribution in [0.15, 0.2) is 36.4 Å². The monoisotopic (exact) mass is 232 g/mol. The van der Waals surface area contributed by atoms with Crippen molar-refractivity contribution in [3.8, 4) is 0 Å². The summed E-state index contributed by atoms with van der Waals surface area (Å²) in [6.07, 6.45) is 1.38. The van der Waals surface area contributed by atoms with E-state index in [0.717, 1.165) is 10.9 Å². The van der Waals surface area contributed by atoms with Crippen LogP contribution >= 0.6 is 0 Å². The van der Waals surface area contributed by atoms with Crippen LogP contribution in [0.2, 0.25) is 0 Å². The summed E-state index contributed by atoms with van der Waals surface area (Å²) in [6.45, 7) is 0. The second kappa shape index (κ2) is 4.95. The highest BCUT2D eigenvalue weighted by molar-refractivity contribution is 5.86. The first-order valence-corrected chi connectivity index (χ1v) is 5.56. The smallest absolute Gasteiger partial charge is 0.303 e. The minimum atomic E-state index is -0.795. The molecule has 0 heterocycles. The molecule has 0 atom stereocenters. The topological polar surface area (TPSA) is 37.3 Å². The third-order valence-corrected chi connectivity index (χ3v) is 2.80. The first-order chi connectivity index (χ1) is 8.18. The van der Waals surface area contributed by atoms with Gasteiger partial charge in [0.2, 0.25) is 0 Å². The van der Waals surface area contributed by atoms with E-state index >= 15 is 0 Å². The predicted octanol–water partition coefficient (Wildman–Crippen LogP) is 3.39. The minimum absolute atomic E-state index is 0.145. The van der Waals surface area contributed by atoms with Crippen LogP contribution in [0.1, 0.15) is 18.4 Å². The summed E-state index contributed by atoms with van der Waals surface area (Å²) in [5.74, 6) is -1.03. The fourth-order valence-corrected chi connectivity index (χ4v) is 1.97. The van der Waals surface area contributed by atoms with Crippen LogP contribution in [0.25, 0.3) is 10.8 Å². The Morgan fingerprint density at radius 2 is 1.82 bits per heavy atom. The Morgan fingerprint density at radius 3 is 2.53 bits per heavy atom. The molecule has 0 aliphatic carbocycles. The third-order valence-electron chi connectivity index (χ3n) is 2.80. The van der Waals surface area contributed by atoms with Gasteiger partial charge in [-0.3, -0.25) is 4.79 Å². The lowest BCUT2D eigenvalue weighted by Crippen LogP contribution is -1.96. The highest BCUT2D eigenvalue weighted by Gasteiger charge is 2.05. The van der Waals surface area contributed by atoms with Crippen molar-refractivity contribution in [1.29, 1.82) is 0 Å². The van der Waals surface area contributed by atoms with E-state index in [1.165, 1.54) is 6.07 Å². The Morgan fingerprint density at radius 1 is 1.12 bits per heavy atom. The molecule has 0 bridgehead atoms. The van der Waals surface area contributed by atoms with Crippen LogP contribution in [0.3, 0.4) is 0 Å². The normalized spacial score (nSPS) is 10.6. The molecule has 0 unspecified atom stereocenters. The lowest BCUT2D eigenvalue weighted by atomic mass is 10.00. The zero-order chi connectivity index (χ0) is 12.3. The number of carbonyl (C=O) groups is 1. The van der Waals surface area contributed by atoms with Gasteiger partial charge in [0, 0.05) is 11.8 Å². The minimum Gasteiger partial charge on any atom is -0.481 e. The third kappa shape index (κ3) is 2.61. The summed E-state index contributed by atoms with van der Waals surface area (Å²) in [5.41, 5.74) is 1.00. The molecule has 2 rings (SSSR count). The molecule has 17 heavy (non-hydrogen) atoms. The Kier molecular flexibility index (Phi) is 3.38. The number of rotatable bonds is 4. The molecule has 88 valence electrons. The summed E-state index contributed by atoms with van der Waals surface area (Å²) in [5, 5.41) is 10.1. The van der Waals surface area contributed by atoms with Gasteiger partial charge in [-0.05, 0) is 29.9 Å². The maximum absolute atomic E-state index is 13.5. The number of benzene rings is 2. The number of carboxylic acid groups (broad SMARTS) is 1. The molecule has 0 aliphatic heterocycles. The fourth-order valence-electron chi connectivity index (χ4n) is 1.97. The molecule has 0 aliphatic rings. The summed E-state index contributed by atoms with van der Waals surface area (Å²) >= 11 is 0. The molecular weight excluding hydrogens is 219 g/mol. The quantitative estimate of drug-likeness (QED) is 0.877. The van der Waals surface area contributed by atoms with E-state index in [4.69, 9.17) is 5.11 Å². The van der Waals surface area contributed by atoms with Crippen LogP contribution in [0.5, 0.6) is 0 Å². The van der Waals surface area contributed by atoms with Gasteiger partial charge in [0.25, 0.3) is 0 Å². The Bertz CT molecular complexity index is 549. The molecule has 0 spiro atoms. The lowest BCUT2D eigenvalue weighted by molar-refractivity contribution is -0.137. The van der Waals surface area contributed by atoms with Gasteiger partial charge in [0.1, 0.15) is 5.82 Å². The maximum atomic E-state index is 13.5. The fraction of sp³-hybridized carbons (Fsp3) is 0.214. The van der Waals surface area contributed by atoms with Crippen LogP contribution in [0, 0.1) is 5.82 Å². The highest BCUT2D eigenvalue weighted by Crippen LogP contribution is 2.23. The Hall–Kier alpha value is -1.90. The second-order valence-electron chi connectivity index (χ2n) is 4.00. The van der Waals surface area contributed by atoms with E-state index in [1.54, 1.807) is 18.2 Å². The zero-order valence-corrected chi connectivity index (χ0v) is 9.32. The van der Waals surface area contributed by atoms with E-state index < -0.39 is 5.97 Å². The van der Waals surface area contributed by atoms with Crippen molar-refractivity contribution in [2.45, 2.75) is 19.3 Å². The SMILES string of the molecule is O=C(O)CCCc1ccc(F)c2ccccc12. The molecule has 0 aromatic heterocycles. The van der Waals surface area contributed by atoms with Gasteiger partial charge in [-0.2, -0.15) is 0 Å². The highest BCUT2D eigenvalue weighted by atomic mass is 19.1. The maximum Gasteiger partial charge on any atom is 0.303 e. The van der Waals surface area contributed by atoms with Gasteiger partial charge < -0.3 is 5.11 Å². The van der Waals surface area contributed by atoms with Crippen molar-refractivity contribution in [1.82, 2.24) is 0 Å². The van der Waals surface area contributed by atoms with Gasteiger partial charge >= 0.3 is 5.97 Å². The summed E-state index contributed by atoms with van der Waals surface area (Å²) in [7, 11) is 0. The molecule has 0 amide bonds. The first kappa shape index (κ1) is 11.6. The number of hydrogen-bond acceptors (Lipinski definition) is 1. The Labute approximate surface area is 98.7 Å². The average molecular weight is 232 g/mol. The van der Waals surface area contributed by atoms with E-state index in [9.17, 15) is 9.18 Å². The van der Waals surface area contributed by atoms with Crippen LogP contribution in [-0.2, 0) is 11.2 Å². The van der Waals surface area contributed by atoms with Crippen LogP contribution in [-0.4, -0.2) is 11.1 Å². The number of halogens is 1. The number of carboxylic acids is 1. The van der Waals surface area contributed by atoms with Crippen molar-refractivity contribution >= 4 is 16.7 Å². The molecular formula is C14H13FO2. The van der Waals surface area contributed by atoms with Gasteiger partial charge in [-0.15, -0.1) is 0 Å².